The van der Waals surface area contributed by atoms with Gasteiger partial charge in [0.15, 0.2) is 0 Å². The van der Waals surface area contributed by atoms with Crippen molar-refractivity contribution in [3.05, 3.63) is 64.4 Å². The third kappa shape index (κ3) is 7.43. The van der Waals surface area contributed by atoms with Crippen LogP contribution in [0.2, 0.25) is 5.02 Å². The van der Waals surface area contributed by atoms with E-state index in [2.05, 4.69) is 5.32 Å². The number of benzene rings is 2. The zero-order valence-electron chi connectivity index (χ0n) is 19.8. The first-order chi connectivity index (χ1) is 16.0. The van der Waals surface area contributed by atoms with E-state index in [9.17, 15) is 22.4 Å². The number of hydrogen-bond donors (Lipinski definition) is 1. The van der Waals surface area contributed by atoms with E-state index < -0.39 is 34.3 Å². The van der Waals surface area contributed by atoms with E-state index in [1.54, 1.807) is 32.0 Å². The molecule has 2 amide bonds. The average Bonchev–Trinajstić information content (AvgIpc) is 2.78. The highest BCUT2D eigenvalue weighted by Crippen LogP contribution is 2.28. The van der Waals surface area contributed by atoms with Crippen LogP contribution in [0.3, 0.4) is 0 Å². The van der Waals surface area contributed by atoms with Crippen molar-refractivity contribution >= 4 is 39.1 Å². The molecule has 0 spiro atoms. The molecule has 0 aromatic heterocycles. The SMILES string of the molecule is CCCCNC(=O)C(C)N(Cc1ccc(F)cc1)C(=O)CN(c1cccc(Cl)c1C)S(C)(=O)=O. The summed E-state index contributed by atoms with van der Waals surface area (Å²) >= 11 is 6.18. The van der Waals surface area contributed by atoms with Crippen LogP contribution in [0.5, 0.6) is 0 Å². The van der Waals surface area contributed by atoms with Gasteiger partial charge in [-0.3, -0.25) is 13.9 Å². The van der Waals surface area contributed by atoms with Gasteiger partial charge >= 0.3 is 0 Å². The number of carbonyl (C=O) groups excluding carboxylic acids is 2. The molecule has 0 aliphatic carbocycles. The Balaban J connectivity index is 2.38. The van der Waals surface area contributed by atoms with Gasteiger partial charge in [0.1, 0.15) is 18.4 Å². The summed E-state index contributed by atoms with van der Waals surface area (Å²) < 4.78 is 39.6. The van der Waals surface area contributed by atoms with Gasteiger partial charge in [0, 0.05) is 18.1 Å². The van der Waals surface area contributed by atoms with Crippen molar-refractivity contribution in [3.8, 4) is 0 Å². The second-order valence-electron chi connectivity index (χ2n) is 8.12. The van der Waals surface area contributed by atoms with E-state index in [-0.39, 0.29) is 18.1 Å². The van der Waals surface area contributed by atoms with Crippen molar-refractivity contribution in [2.75, 3.05) is 23.7 Å². The van der Waals surface area contributed by atoms with Crippen molar-refractivity contribution in [2.45, 2.75) is 46.2 Å². The lowest BCUT2D eigenvalue weighted by atomic mass is 10.1. The number of hydrogen-bond acceptors (Lipinski definition) is 4. The molecule has 0 saturated heterocycles. The fraction of sp³-hybridized carbons (Fsp3) is 0.417. The minimum absolute atomic E-state index is 0.00755. The van der Waals surface area contributed by atoms with Crippen molar-refractivity contribution in [3.63, 3.8) is 0 Å². The number of nitrogens with one attached hydrogen (secondary N) is 1. The van der Waals surface area contributed by atoms with Crippen LogP contribution in [-0.2, 0) is 26.2 Å². The summed E-state index contributed by atoms with van der Waals surface area (Å²) in [4.78, 5) is 27.5. The molecule has 0 fully saturated rings. The minimum Gasteiger partial charge on any atom is -0.354 e. The monoisotopic (exact) mass is 511 g/mol. The van der Waals surface area contributed by atoms with Gasteiger partial charge in [-0.15, -0.1) is 0 Å². The Labute approximate surface area is 205 Å². The summed E-state index contributed by atoms with van der Waals surface area (Å²) in [6, 6.07) is 9.50. The molecule has 1 atom stereocenters. The van der Waals surface area contributed by atoms with E-state index in [0.717, 1.165) is 23.4 Å². The van der Waals surface area contributed by atoms with Crippen molar-refractivity contribution in [1.82, 2.24) is 10.2 Å². The summed E-state index contributed by atoms with van der Waals surface area (Å²) in [6.07, 6.45) is 2.70. The van der Waals surface area contributed by atoms with Gasteiger partial charge in [0.05, 0.1) is 11.9 Å². The zero-order valence-corrected chi connectivity index (χ0v) is 21.4. The van der Waals surface area contributed by atoms with E-state index in [1.807, 2.05) is 6.92 Å². The maximum absolute atomic E-state index is 13.4. The highest BCUT2D eigenvalue weighted by molar-refractivity contribution is 7.92. The van der Waals surface area contributed by atoms with Gasteiger partial charge in [0.2, 0.25) is 21.8 Å². The Morgan fingerprint density at radius 1 is 1.15 bits per heavy atom. The Morgan fingerprint density at radius 2 is 1.79 bits per heavy atom. The minimum atomic E-state index is -3.85. The van der Waals surface area contributed by atoms with E-state index in [0.29, 0.717) is 22.7 Å². The van der Waals surface area contributed by atoms with Crippen LogP contribution in [-0.4, -0.2) is 50.5 Å². The number of nitrogens with zero attached hydrogens (tertiary/aromatic N) is 2. The standard InChI is InChI=1S/C24H31ClFN3O4S/c1-5-6-14-27-24(31)18(3)28(15-19-10-12-20(26)13-11-19)23(30)16-29(34(4,32)33)22-9-7-8-21(25)17(22)2/h7-13,18H,5-6,14-16H2,1-4H3,(H,27,31). The molecule has 0 bridgehead atoms. The Hall–Kier alpha value is -2.65. The summed E-state index contributed by atoms with van der Waals surface area (Å²) in [5, 5.41) is 3.17. The molecule has 34 heavy (non-hydrogen) atoms. The first-order valence-electron chi connectivity index (χ1n) is 11.0. The fourth-order valence-corrected chi connectivity index (χ4v) is 4.44. The average molecular weight is 512 g/mol. The molecule has 0 saturated carbocycles. The summed E-state index contributed by atoms with van der Waals surface area (Å²) in [5.74, 6) is -1.35. The smallest absolute Gasteiger partial charge is 0.244 e. The number of amides is 2. The molecule has 1 N–H and O–H groups in total. The molecule has 1 unspecified atom stereocenters. The van der Waals surface area contributed by atoms with Crippen LogP contribution in [0.25, 0.3) is 0 Å². The predicted molar refractivity (Wildman–Crippen MR) is 133 cm³/mol. The Kier molecular flexibility index (Phi) is 9.88. The van der Waals surface area contributed by atoms with Crippen LogP contribution in [0.15, 0.2) is 42.5 Å². The molecular formula is C24H31ClFN3O4S. The van der Waals surface area contributed by atoms with Gasteiger partial charge < -0.3 is 10.2 Å². The van der Waals surface area contributed by atoms with Crippen LogP contribution in [0, 0.1) is 12.7 Å². The quantitative estimate of drug-likeness (QED) is 0.464. The molecule has 0 heterocycles. The largest absolute Gasteiger partial charge is 0.354 e. The van der Waals surface area contributed by atoms with Crippen LogP contribution in [0.1, 0.15) is 37.8 Å². The Morgan fingerprint density at radius 3 is 2.38 bits per heavy atom. The molecule has 0 aliphatic rings. The van der Waals surface area contributed by atoms with E-state index in [1.165, 1.54) is 29.2 Å². The molecule has 2 aromatic rings. The molecule has 7 nitrogen and oxygen atoms in total. The maximum Gasteiger partial charge on any atom is 0.244 e. The normalized spacial score (nSPS) is 12.2. The lowest BCUT2D eigenvalue weighted by Gasteiger charge is -2.32. The first kappa shape index (κ1) is 27.6. The molecule has 10 heteroatoms. The number of sulfonamides is 1. The first-order valence-corrected chi connectivity index (χ1v) is 13.2. The second kappa shape index (κ2) is 12.2. The van der Waals surface area contributed by atoms with E-state index in [4.69, 9.17) is 11.6 Å². The third-order valence-corrected chi connectivity index (χ3v) is 6.99. The van der Waals surface area contributed by atoms with Gasteiger partial charge in [-0.25, -0.2) is 12.8 Å². The predicted octanol–water partition coefficient (Wildman–Crippen LogP) is 3.89. The molecule has 0 aliphatic heterocycles. The van der Waals surface area contributed by atoms with Gasteiger partial charge in [-0.1, -0.05) is 43.1 Å². The van der Waals surface area contributed by atoms with Crippen molar-refractivity contribution < 1.29 is 22.4 Å². The Bertz CT molecular complexity index is 1110. The number of rotatable bonds is 11. The number of anilines is 1. The topological polar surface area (TPSA) is 86.8 Å². The molecular weight excluding hydrogens is 481 g/mol. The molecule has 0 radical (unpaired) electrons. The highest BCUT2D eigenvalue weighted by Gasteiger charge is 2.30. The van der Waals surface area contributed by atoms with Gasteiger partial charge in [-0.05, 0) is 55.7 Å². The van der Waals surface area contributed by atoms with Crippen LogP contribution in [0.4, 0.5) is 10.1 Å². The van der Waals surface area contributed by atoms with Crippen molar-refractivity contribution in [1.29, 1.82) is 0 Å². The summed E-state index contributed by atoms with van der Waals surface area (Å²) in [5.41, 5.74) is 1.40. The summed E-state index contributed by atoms with van der Waals surface area (Å²) in [6.45, 7) is 5.20. The van der Waals surface area contributed by atoms with Crippen LogP contribution < -0.4 is 9.62 Å². The fourth-order valence-electron chi connectivity index (χ4n) is 3.37. The van der Waals surface area contributed by atoms with Crippen LogP contribution >= 0.6 is 11.6 Å². The van der Waals surface area contributed by atoms with Gasteiger partial charge in [0.25, 0.3) is 0 Å². The van der Waals surface area contributed by atoms with Crippen molar-refractivity contribution in [2.24, 2.45) is 0 Å². The van der Waals surface area contributed by atoms with Gasteiger partial charge in [-0.2, -0.15) is 0 Å². The highest BCUT2D eigenvalue weighted by atomic mass is 35.5. The number of carbonyl (C=O) groups is 2. The van der Waals surface area contributed by atoms with E-state index >= 15 is 0 Å². The lowest BCUT2D eigenvalue weighted by Crippen LogP contribution is -2.51. The summed E-state index contributed by atoms with van der Waals surface area (Å²) in [7, 11) is -3.85. The molecule has 2 rings (SSSR count). The molecule has 2 aromatic carbocycles. The zero-order chi connectivity index (χ0) is 25.5. The molecule has 186 valence electrons. The third-order valence-electron chi connectivity index (χ3n) is 5.45. The number of halogens is 2. The second-order valence-corrected chi connectivity index (χ2v) is 10.4. The number of unbranched alkanes of at least 4 members (excludes halogenated alkanes) is 1. The lowest BCUT2D eigenvalue weighted by molar-refractivity contribution is -0.139. The maximum atomic E-state index is 13.4.